The highest BCUT2D eigenvalue weighted by Gasteiger charge is 2.53. The van der Waals surface area contributed by atoms with Gasteiger partial charge in [-0.25, -0.2) is 0 Å². The van der Waals surface area contributed by atoms with Crippen LogP contribution in [0.25, 0.3) is 0 Å². The summed E-state index contributed by atoms with van der Waals surface area (Å²) in [6, 6.07) is 0. The normalized spacial score (nSPS) is 42.0. The molecule has 2 aliphatic rings. The molecule has 0 aromatic rings. The summed E-state index contributed by atoms with van der Waals surface area (Å²) in [6.45, 7) is 15.1. The molecule has 0 heteroatoms. The Labute approximate surface area is 128 Å². The molecule has 118 valence electrons. The molecular formula is C20H38. The van der Waals surface area contributed by atoms with E-state index in [0.717, 1.165) is 23.7 Å². The predicted octanol–water partition coefficient (Wildman–Crippen LogP) is 6.69. The summed E-state index contributed by atoms with van der Waals surface area (Å²) in [5, 5.41) is 0. The molecule has 20 heavy (non-hydrogen) atoms. The monoisotopic (exact) mass is 278 g/mol. The number of hydrogen-bond donors (Lipinski definition) is 0. The third-order valence-electron chi connectivity index (χ3n) is 7.39. The maximum absolute atomic E-state index is 2.66. The Bertz CT molecular complexity index is 316. The van der Waals surface area contributed by atoms with Gasteiger partial charge in [-0.1, -0.05) is 67.2 Å². The molecule has 0 N–H and O–H groups in total. The summed E-state index contributed by atoms with van der Waals surface area (Å²) < 4.78 is 0. The minimum atomic E-state index is 0.585. The van der Waals surface area contributed by atoms with Crippen molar-refractivity contribution in [2.24, 2.45) is 34.5 Å². The van der Waals surface area contributed by atoms with Crippen LogP contribution in [0.15, 0.2) is 0 Å². The van der Waals surface area contributed by atoms with Crippen LogP contribution in [-0.2, 0) is 0 Å². The van der Waals surface area contributed by atoms with Crippen molar-refractivity contribution in [3.63, 3.8) is 0 Å². The lowest BCUT2D eigenvalue weighted by Gasteiger charge is -2.59. The topological polar surface area (TPSA) is 0 Å². The van der Waals surface area contributed by atoms with Crippen LogP contribution in [-0.4, -0.2) is 0 Å². The van der Waals surface area contributed by atoms with E-state index in [-0.39, 0.29) is 0 Å². The molecule has 5 atom stereocenters. The Morgan fingerprint density at radius 1 is 1.10 bits per heavy atom. The van der Waals surface area contributed by atoms with Gasteiger partial charge in [-0.3, -0.25) is 0 Å². The van der Waals surface area contributed by atoms with Gasteiger partial charge >= 0.3 is 0 Å². The van der Waals surface area contributed by atoms with E-state index in [0.29, 0.717) is 10.8 Å². The first kappa shape index (κ1) is 16.4. The molecule has 0 amide bonds. The van der Waals surface area contributed by atoms with Crippen LogP contribution in [0.5, 0.6) is 0 Å². The first-order chi connectivity index (χ1) is 9.31. The van der Waals surface area contributed by atoms with Crippen molar-refractivity contribution in [3.8, 4) is 0 Å². The van der Waals surface area contributed by atoms with E-state index in [4.69, 9.17) is 0 Å². The average molecular weight is 279 g/mol. The van der Waals surface area contributed by atoms with E-state index in [1.165, 1.54) is 51.4 Å². The molecule has 2 rings (SSSR count). The summed E-state index contributed by atoms with van der Waals surface area (Å²) in [5.74, 6) is 3.83. The smallest absolute Gasteiger partial charge is 0.0262 e. The minimum Gasteiger partial charge on any atom is -0.0651 e. The van der Waals surface area contributed by atoms with Gasteiger partial charge < -0.3 is 0 Å². The van der Waals surface area contributed by atoms with Crippen LogP contribution in [0.4, 0.5) is 0 Å². The Morgan fingerprint density at radius 3 is 2.45 bits per heavy atom. The van der Waals surface area contributed by atoms with E-state index in [1.807, 2.05) is 0 Å². The van der Waals surface area contributed by atoms with E-state index < -0.39 is 0 Å². The maximum Gasteiger partial charge on any atom is -0.0262 e. The standard InChI is InChI=1S/C20H38/c1-7-15(2)9-11-17-16(3)10-12-18-19(4,5)13-8-14-20(17,18)6/h15-18H,7-14H2,1-6H3/t15-,16+,17+,18+,20?/m0/s1. The van der Waals surface area contributed by atoms with Gasteiger partial charge in [0.1, 0.15) is 0 Å². The first-order valence-electron chi connectivity index (χ1n) is 9.31. The zero-order valence-electron chi connectivity index (χ0n) is 15.0. The van der Waals surface area contributed by atoms with E-state index in [1.54, 1.807) is 0 Å². The highest BCUT2D eigenvalue weighted by Crippen LogP contribution is 2.62. The SMILES string of the molecule is CC[C@H](C)CC[C@@H]1[C@H](C)CC[C@@H]2C(C)(C)CCCC12C. The predicted molar refractivity (Wildman–Crippen MR) is 89.8 cm³/mol. The lowest BCUT2D eigenvalue weighted by Crippen LogP contribution is -2.51. The van der Waals surface area contributed by atoms with Crippen LogP contribution >= 0.6 is 0 Å². The first-order valence-corrected chi connectivity index (χ1v) is 9.31. The fraction of sp³-hybridized carbons (Fsp3) is 1.00. The second kappa shape index (κ2) is 6.01. The van der Waals surface area contributed by atoms with Gasteiger partial charge in [0, 0.05) is 0 Å². The average Bonchev–Trinajstić information content (AvgIpc) is 2.36. The van der Waals surface area contributed by atoms with Crippen molar-refractivity contribution in [2.45, 2.75) is 92.9 Å². The molecule has 0 saturated heterocycles. The highest BCUT2D eigenvalue weighted by molar-refractivity contribution is 5.02. The van der Waals surface area contributed by atoms with Crippen molar-refractivity contribution < 1.29 is 0 Å². The molecule has 1 unspecified atom stereocenters. The molecule has 0 bridgehead atoms. The van der Waals surface area contributed by atoms with Gasteiger partial charge in [0.15, 0.2) is 0 Å². The quantitative estimate of drug-likeness (QED) is 0.537. The fourth-order valence-corrected chi connectivity index (χ4v) is 5.89. The van der Waals surface area contributed by atoms with Gasteiger partial charge in [-0.15, -0.1) is 0 Å². The van der Waals surface area contributed by atoms with Gasteiger partial charge in [-0.2, -0.15) is 0 Å². The van der Waals surface area contributed by atoms with E-state index >= 15 is 0 Å². The van der Waals surface area contributed by atoms with Crippen molar-refractivity contribution in [1.82, 2.24) is 0 Å². The van der Waals surface area contributed by atoms with Crippen LogP contribution in [0.3, 0.4) is 0 Å². The number of rotatable bonds is 4. The van der Waals surface area contributed by atoms with E-state index in [2.05, 4.69) is 41.5 Å². The zero-order chi connectivity index (χ0) is 15.0. The third-order valence-corrected chi connectivity index (χ3v) is 7.39. The van der Waals surface area contributed by atoms with Gasteiger partial charge in [0.25, 0.3) is 0 Å². The highest BCUT2D eigenvalue weighted by atomic mass is 14.6. The fourth-order valence-electron chi connectivity index (χ4n) is 5.89. The number of hydrogen-bond acceptors (Lipinski definition) is 0. The Morgan fingerprint density at radius 2 is 1.80 bits per heavy atom. The summed E-state index contributed by atoms with van der Waals surface area (Å²) in [5.41, 5.74) is 1.22. The van der Waals surface area contributed by atoms with Crippen molar-refractivity contribution in [2.75, 3.05) is 0 Å². The van der Waals surface area contributed by atoms with Crippen molar-refractivity contribution in [3.05, 3.63) is 0 Å². The summed E-state index contributed by atoms with van der Waals surface area (Å²) >= 11 is 0. The molecule has 0 nitrogen and oxygen atoms in total. The molecule has 0 spiro atoms. The van der Waals surface area contributed by atoms with Crippen LogP contribution in [0, 0.1) is 34.5 Å². The van der Waals surface area contributed by atoms with Gasteiger partial charge in [0.2, 0.25) is 0 Å². The largest absolute Gasteiger partial charge is 0.0651 e. The summed E-state index contributed by atoms with van der Waals surface area (Å²) in [4.78, 5) is 0. The van der Waals surface area contributed by atoms with Crippen LogP contribution in [0.1, 0.15) is 92.9 Å². The third kappa shape index (κ3) is 2.95. The molecule has 2 saturated carbocycles. The summed E-state index contributed by atoms with van der Waals surface area (Å²) in [7, 11) is 0. The van der Waals surface area contributed by atoms with Gasteiger partial charge in [0.05, 0.1) is 0 Å². The number of fused-ring (bicyclic) bond motifs is 1. The van der Waals surface area contributed by atoms with Crippen molar-refractivity contribution >= 4 is 0 Å². The molecule has 0 aromatic heterocycles. The molecule has 0 aliphatic heterocycles. The second-order valence-electron chi connectivity index (χ2n) is 9.15. The van der Waals surface area contributed by atoms with Gasteiger partial charge in [-0.05, 0) is 60.2 Å². The Balaban J connectivity index is 2.15. The minimum absolute atomic E-state index is 0.585. The van der Waals surface area contributed by atoms with Crippen LogP contribution < -0.4 is 0 Å². The van der Waals surface area contributed by atoms with Crippen LogP contribution in [0.2, 0.25) is 0 Å². The lowest BCUT2D eigenvalue weighted by atomic mass is 9.46. The maximum atomic E-state index is 2.66. The Kier molecular flexibility index (Phi) is 4.92. The zero-order valence-corrected chi connectivity index (χ0v) is 15.0. The molecule has 0 aromatic carbocycles. The van der Waals surface area contributed by atoms with E-state index in [9.17, 15) is 0 Å². The molecule has 0 radical (unpaired) electrons. The second-order valence-corrected chi connectivity index (χ2v) is 9.15. The Hall–Kier alpha value is 0. The lowest BCUT2D eigenvalue weighted by molar-refractivity contribution is -0.0972. The molecule has 0 heterocycles. The summed E-state index contributed by atoms with van der Waals surface area (Å²) in [6.07, 6.45) is 11.7. The molecule has 2 aliphatic carbocycles. The molecule has 2 fully saturated rings. The molecular weight excluding hydrogens is 240 g/mol. The van der Waals surface area contributed by atoms with Crippen molar-refractivity contribution in [1.29, 1.82) is 0 Å².